The van der Waals surface area contributed by atoms with Gasteiger partial charge in [0.2, 0.25) is 10.0 Å². The van der Waals surface area contributed by atoms with E-state index in [1.165, 1.54) is 0 Å². The Kier molecular flexibility index (Phi) is 4.36. The zero-order valence-corrected chi connectivity index (χ0v) is 11.2. The fourth-order valence-corrected chi connectivity index (χ4v) is 5.94. The maximum Gasteiger partial charge on any atom is 0.324 e. The summed E-state index contributed by atoms with van der Waals surface area (Å²) in [6.07, 6.45) is -1.49. The van der Waals surface area contributed by atoms with Gasteiger partial charge in [0.15, 0.2) is 9.84 Å². The minimum Gasteiger partial charge on any atom is -0.480 e. The number of sulfone groups is 1. The molecule has 1 saturated heterocycles. The lowest BCUT2D eigenvalue weighted by atomic mass is 10.2. The third-order valence-electron chi connectivity index (χ3n) is 2.67. The predicted octanol–water partition coefficient (Wildman–Crippen LogP) is -2.07. The average molecular weight is 301 g/mol. The molecule has 1 aliphatic heterocycles. The molecule has 3 N–H and O–H groups in total. The largest absolute Gasteiger partial charge is 0.480 e. The van der Waals surface area contributed by atoms with Crippen LogP contribution in [-0.2, 0) is 24.7 Å². The Bertz CT molecular complexity index is 522. The van der Waals surface area contributed by atoms with Crippen LogP contribution >= 0.6 is 0 Å². The standard InChI is InChI=1S/C8H15NO7S2/c1-5(10)7(8(11)12)9-18(15,16)6-2-3-17(13,14)4-6/h5-7,9-10H,2-4H2,1H3,(H,11,12). The summed E-state index contributed by atoms with van der Waals surface area (Å²) in [5.41, 5.74) is 0. The van der Waals surface area contributed by atoms with Gasteiger partial charge in [0.25, 0.3) is 0 Å². The Morgan fingerprint density at radius 1 is 1.44 bits per heavy atom. The van der Waals surface area contributed by atoms with E-state index in [2.05, 4.69) is 0 Å². The second-order valence-corrected chi connectivity index (χ2v) is 8.47. The Balaban J connectivity index is 2.86. The molecule has 8 nitrogen and oxygen atoms in total. The van der Waals surface area contributed by atoms with Gasteiger partial charge in [-0.2, -0.15) is 4.72 Å². The van der Waals surface area contributed by atoms with Gasteiger partial charge in [0.05, 0.1) is 22.9 Å². The third kappa shape index (κ3) is 3.64. The number of hydrogen-bond acceptors (Lipinski definition) is 6. The van der Waals surface area contributed by atoms with Crippen LogP contribution in [0.15, 0.2) is 0 Å². The summed E-state index contributed by atoms with van der Waals surface area (Å²) < 4.78 is 47.8. The number of aliphatic carboxylic acids is 1. The van der Waals surface area contributed by atoms with Crippen molar-refractivity contribution in [1.82, 2.24) is 4.72 Å². The normalized spacial score (nSPS) is 26.7. The molecule has 1 fully saturated rings. The summed E-state index contributed by atoms with van der Waals surface area (Å²) in [5.74, 6) is -2.27. The van der Waals surface area contributed by atoms with Crippen molar-refractivity contribution in [2.24, 2.45) is 0 Å². The average Bonchev–Trinajstić information content (AvgIpc) is 2.55. The van der Waals surface area contributed by atoms with Crippen molar-refractivity contribution < 1.29 is 31.8 Å². The smallest absolute Gasteiger partial charge is 0.324 e. The van der Waals surface area contributed by atoms with Crippen LogP contribution in [0.4, 0.5) is 0 Å². The quantitative estimate of drug-likeness (QED) is 0.530. The molecule has 1 heterocycles. The minimum absolute atomic E-state index is 0.0657. The maximum absolute atomic E-state index is 11.8. The molecule has 0 aliphatic carbocycles. The van der Waals surface area contributed by atoms with Crippen molar-refractivity contribution in [3.8, 4) is 0 Å². The maximum atomic E-state index is 11.8. The molecule has 0 spiro atoms. The van der Waals surface area contributed by atoms with E-state index in [0.29, 0.717) is 0 Å². The highest BCUT2D eigenvalue weighted by Crippen LogP contribution is 2.18. The molecule has 0 aromatic rings. The highest BCUT2D eigenvalue weighted by Gasteiger charge is 2.40. The lowest BCUT2D eigenvalue weighted by molar-refractivity contribution is -0.141. The van der Waals surface area contributed by atoms with Gasteiger partial charge in [-0.05, 0) is 13.3 Å². The Labute approximate surface area is 105 Å². The second-order valence-electron chi connectivity index (χ2n) is 4.24. The van der Waals surface area contributed by atoms with Crippen LogP contribution in [0.25, 0.3) is 0 Å². The molecule has 0 radical (unpaired) electrons. The molecule has 0 amide bonds. The van der Waals surface area contributed by atoms with E-state index in [1.54, 1.807) is 0 Å². The van der Waals surface area contributed by atoms with E-state index in [9.17, 15) is 21.6 Å². The van der Waals surface area contributed by atoms with Crippen molar-refractivity contribution in [1.29, 1.82) is 0 Å². The van der Waals surface area contributed by atoms with Crippen molar-refractivity contribution in [2.45, 2.75) is 30.7 Å². The fourth-order valence-electron chi connectivity index (χ4n) is 1.63. The highest BCUT2D eigenvalue weighted by molar-refractivity contribution is 7.95. The first-order chi connectivity index (χ1) is 8.05. The molecule has 10 heteroatoms. The number of carboxylic acids is 1. The zero-order valence-electron chi connectivity index (χ0n) is 9.61. The van der Waals surface area contributed by atoms with Gasteiger partial charge >= 0.3 is 5.97 Å². The van der Waals surface area contributed by atoms with Gasteiger partial charge in [-0.1, -0.05) is 0 Å². The Morgan fingerprint density at radius 2 is 2.00 bits per heavy atom. The topological polar surface area (TPSA) is 138 Å². The first kappa shape index (κ1) is 15.3. The number of carboxylic acid groups (broad SMARTS) is 1. The molecule has 1 rings (SSSR count). The third-order valence-corrected chi connectivity index (χ3v) is 6.51. The molecule has 0 aromatic carbocycles. The number of hydrogen-bond donors (Lipinski definition) is 3. The first-order valence-electron chi connectivity index (χ1n) is 5.17. The molecule has 0 bridgehead atoms. The van der Waals surface area contributed by atoms with Gasteiger partial charge in [0.1, 0.15) is 6.04 Å². The van der Waals surface area contributed by atoms with E-state index in [0.717, 1.165) is 6.92 Å². The molecule has 1 aliphatic rings. The number of nitrogens with one attached hydrogen (secondary N) is 1. The number of carbonyl (C=O) groups is 1. The van der Waals surface area contributed by atoms with Crippen LogP contribution in [0.2, 0.25) is 0 Å². The SMILES string of the molecule is CC(O)C(NS(=O)(=O)C1CCS(=O)(=O)C1)C(=O)O. The molecule has 0 aromatic heterocycles. The van der Waals surface area contributed by atoms with Gasteiger partial charge in [0, 0.05) is 0 Å². The number of aliphatic hydroxyl groups is 1. The van der Waals surface area contributed by atoms with E-state index in [-0.39, 0.29) is 12.2 Å². The van der Waals surface area contributed by atoms with Gasteiger partial charge < -0.3 is 10.2 Å². The summed E-state index contributed by atoms with van der Waals surface area (Å²) in [5, 5.41) is 16.7. The summed E-state index contributed by atoms with van der Waals surface area (Å²) in [6, 6.07) is -1.68. The molecule has 3 atom stereocenters. The Morgan fingerprint density at radius 3 is 2.33 bits per heavy atom. The van der Waals surface area contributed by atoms with E-state index < -0.39 is 49.0 Å². The molecule has 3 unspecified atom stereocenters. The number of sulfonamides is 1. The second kappa shape index (κ2) is 5.11. The molecular weight excluding hydrogens is 286 g/mol. The van der Waals surface area contributed by atoms with Crippen molar-refractivity contribution in [3.05, 3.63) is 0 Å². The molecule has 0 saturated carbocycles. The minimum atomic E-state index is -4.09. The van der Waals surface area contributed by atoms with Gasteiger partial charge in [-0.15, -0.1) is 0 Å². The summed E-state index contributed by atoms with van der Waals surface area (Å²) >= 11 is 0. The zero-order chi connectivity index (χ0) is 14.1. The van der Waals surface area contributed by atoms with Crippen molar-refractivity contribution in [3.63, 3.8) is 0 Å². The van der Waals surface area contributed by atoms with Gasteiger partial charge in [-0.3, -0.25) is 4.79 Å². The van der Waals surface area contributed by atoms with E-state index in [1.807, 2.05) is 4.72 Å². The first-order valence-corrected chi connectivity index (χ1v) is 8.54. The van der Waals surface area contributed by atoms with Crippen LogP contribution in [0.3, 0.4) is 0 Å². The van der Waals surface area contributed by atoms with Crippen LogP contribution < -0.4 is 4.72 Å². The van der Waals surface area contributed by atoms with E-state index in [4.69, 9.17) is 10.2 Å². The van der Waals surface area contributed by atoms with Crippen LogP contribution in [-0.4, -0.2) is 61.9 Å². The number of rotatable bonds is 5. The van der Waals surface area contributed by atoms with Crippen LogP contribution in [0.1, 0.15) is 13.3 Å². The molecular formula is C8H15NO7S2. The molecule has 18 heavy (non-hydrogen) atoms. The van der Waals surface area contributed by atoms with Gasteiger partial charge in [-0.25, -0.2) is 16.8 Å². The fraction of sp³-hybridized carbons (Fsp3) is 0.875. The Hall–Kier alpha value is -0.710. The summed E-state index contributed by atoms with van der Waals surface area (Å²) in [6.45, 7) is 1.13. The van der Waals surface area contributed by atoms with Crippen molar-refractivity contribution in [2.75, 3.05) is 11.5 Å². The number of aliphatic hydroxyl groups excluding tert-OH is 1. The van der Waals surface area contributed by atoms with Crippen LogP contribution in [0.5, 0.6) is 0 Å². The lowest BCUT2D eigenvalue weighted by Crippen LogP contribution is -2.50. The molecule has 106 valence electrons. The monoisotopic (exact) mass is 301 g/mol. The lowest BCUT2D eigenvalue weighted by Gasteiger charge is -2.19. The predicted molar refractivity (Wildman–Crippen MR) is 62.2 cm³/mol. The van der Waals surface area contributed by atoms with E-state index >= 15 is 0 Å². The summed E-state index contributed by atoms with van der Waals surface area (Å²) in [4.78, 5) is 10.8. The van der Waals surface area contributed by atoms with Crippen molar-refractivity contribution >= 4 is 25.8 Å². The highest BCUT2D eigenvalue weighted by atomic mass is 32.2. The summed E-state index contributed by atoms with van der Waals surface area (Å²) in [7, 11) is -7.47. The van der Waals surface area contributed by atoms with Crippen LogP contribution in [0, 0.1) is 0 Å².